The molecule has 2 rings (SSSR count). The third-order valence-electron chi connectivity index (χ3n) is 3.58. The number of piperidine rings is 1. The Kier molecular flexibility index (Phi) is 6.22. The third kappa shape index (κ3) is 4.34. The number of aliphatic hydroxyl groups excluding tert-OH is 1. The van der Waals surface area contributed by atoms with E-state index in [1.54, 1.807) is 6.92 Å². The van der Waals surface area contributed by atoms with E-state index in [0.717, 1.165) is 12.1 Å². The van der Waals surface area contributed by atoms with E-state index in [-0.39, 0.29) is 18.0 Å². The minimum Gasteiger partial charge on any atom is -0.390 e. The van der Waals surface area contributed by atoms with Crippen LogP contribution in [0, 0.1) is 6.92 Å². The smallest absolute Gasteiger partial charge is 0.390 e. The Hall–Kier alpha value is -1.31. The predicted octanol–water partition coefficient (Wildman–Crippen LogP) is 1.89. The molecule has 2 atom stereocenters. The summed E-state index contributed by atoms with van der Waals surface area (Å²) in [6.45, 7) is 2.57. The molecule has 0 spiro atoms. The molecular formula is C14H18ClF3N2O2. The number of carbonyl (C=O) groups is 1. The van der Waals surface area contributed by atoms with Crippen molar-refractivity contribution < 1.29 is 23.1 Å². The van der Waals surface area contributed by atoms with Crippen molar-refractivity contribution in [3.63, 3.8) is 0 Å². The van der Waals surface area contributed by atoms with Crippen molar-refractivity contribution in [2.75, 3.05) is 13.1 Å². The van der Waals surface area contributed by atoms with E-state index >= 15 is 0 Å². The van der Waals surface area contributed by atoms with Crippen LogP contribution in [0.1, 0.15) is 27.9 Å². The summed E-state index contributed by atoms with van der Waals surface area (Å²) < 4.78 is 38.1. The minimum atomic E-state index is -4.49. The van der Waals surface area contributed by atoms with Gasteiger partial charge in [0.15, 0.2) is 0 Å². The lowest BCUT2D eigenvalue weighted by Gasteiger charge is -2.29. The Morgan fingerprint density at radius 1 is 1.41 bits per heavy atom. The van der Waals surface area contributed by atoms with Gasteiger partial charge in [-0.1, -0.05) is 6.07 Å². The van der Waals surface area contributed by atoms with Gasteiger partial charge in [0.2, 0.25) is 0 Å². The number of rotatable bonds is 2. The fraction of sp³-hybridized carbons (Fsp3) is 0.500. The van der Waals surface area contributed by atoms with E-state index in [2.05, 4.69) is 10.6 Å². The van der Waals surface area contributed by atoms with Gasteiger partial charge in [-0.15, -0.1) is 12.4 Å². The second kappa shape index (κ2) is 7.30. The summed E-state index contributed by atoms with van der Waals surface area (Å²) in [7, 11) is 0. The first kappa shape index (κ1) is 18.7. The number of halogens is 4. The standard InChI is InChI=1S/C14H17F3N2O2.ClH/c1-8-2-3-9(14(15,16)17)6-10(8)13(21)19-11-4-5-18-7-12(11)20;/h2-3,6,11-12,18,20H,4-5,7H2,1H3,(H,19,21);1H/t11-,12-;/m1./s1. The summed E-state index contributed by atoms with van der Waals surface area (Å²) in [5, 5.41) is 15.3. The van der Waals surface area contributed by atoms with Crippen molar-refractivity contribution in [2.45, 2.75) is 31.7 Å². The van der Waals surface area contributed by atoms with Gasteiger partial charge < -0.3 is 15.7 Å². The lowest BCUT2D eigenvalue weighted by molar-refractivity contribution is -0.137. The number of aliphatic hydroxyl groups is 1. The summed E-state index contributed by atoms with van der Waals surface area (Å²) >= 11 is 0. The highest BCUT2D eigenvalue weighted by Crippen LogP contribution is 2.30. The number of carbonyl (C=O) groups excluding carboxylic acids is 1. The molecule has 0 aromatic heterocycles. The molecule has 1 aromatic carbocycles. The molecule has 22 heavy (non-hydrogen) atoms. The van der Waals surface area contributed by atoms with Crippen molar-refractivity contribution in [3.8, 4) is 0 Å². The molecule has 3 N–H and O–H groups in total. The van der Waals surface area contributed by atoms with Gasteiger partial charge in [-0.05, 0) is 37.6 Å². The van der Waals surface area contributed by atoms with Crippen LogP contribution in [0.4, 0.5) is 13.2 Å². The molecular weight excluding hydrogens is 321 g/mol. The Bertz CT molecular complexity index is 537. The van der Waals surface area contributed by atoms with E-state index in [0.29, 0.717) is 25.1 Å². The maximum absolute atomic E-state index is 12.7. The zero-order valence-corrected chi connectivity index (χ0v) is 12.7. The lowest BCUT2D eigenvalue weighted by atomic mass is 10.0. The number of β-amino-alcohol motifs (C(OH)–C–C–N with tert-alkyl or cyclic N) is 1. The fourth-order valence-electron chi connectivity index (χ4n) is 2.30. The molecule has 0 aliphatic carbocycles. The first-order valence-corrected chi connectivity index (χ1v) is 6.66. The van der Waals surface area contributed by atoms with Crippen LogP contribution >= 0.6 is 12.4 Å². The zero-order valence-electron chi connectivity index (χ0n) is 11.9. The summed E-state index contributed by atoms with van der Waals surface area (Å²) in [6.07, 6.45) is -4.70. The van der Waals surface area contributed by atoms with Crippen LogP contribution in [0.25, 0.3) is 0 Å². The molecule has 0 unspecified atom stereocenters. The molecule has 0 radical (unpaired) electrons. The van der Waals surface area contributed by atoms with Crippen LogP contribution < -0.4 is 10.6 Å². The van der Waals surface area contributed by atoms with Crippen LogP contribution in [0.15, 0.2) is 18.2 Å². The number of benzene rings is 1. The van der Waals surface area contributed by atoms with Crippen molar-refractivity contribution >= 4 is 18.3 Å². The summed E-state index contributed by atoms with van der Waals surface area (Å²) in [5.74, 6) is -0.593. The van der Waals surface area contributed by atoms with Gasteiger partial charge >= 0.3 is 6.18 Å². The number of amides is 1. The van der Waals surface area contributed by atoms with Gasteiger partial charge in [-0.25, -0.2) is 0 Å². The monoisotopic (exact) mass is 338 g/mol. The Morgan fingerprint density at radius 2 is 2.09 bits per heavy atom. The van der Waals surface area contributed by atoms with E-state index < -0.39 is 29.8 Å². The van der Waals surface area contributed by atoms with Crippen LogP contribution in [0.5, 0.6) is 0 Å². The maximum atomic E-state index is 12.7. The summed E-state index contributed by atoms with van der Waals surface area (Å²) in [5.41, 5.74) is -0.413. The quantitative estimate of drug-likeness (QED) is 0.771. The predicted molar refractivity (Wildman–Crippen MR) is 78.2 cm³/mol. The van der Waals surface area contributed by atoms with Gasteiger partial charge in [0.1, 0.15) is 0 Å². The van der Waals surface area contributed by atoms with Crippen LogP contribution in [0.3, 0.4) is 0 Å². The van der Waals surface area contributed by atoms with E-state index in [9.17, 15) is 23.1 Å². The Balaban J connectivity index is 0.00000242. The number of hydrogen-bond acceptors (Lipinski definition) is 3. The molecule has 4 nitrogen and oxygen atoms in total. The minimum absolute atomic E-state index is 0. The number of hydrogen-bond donors (Lipinski definition) is 3. The van der Waals surface area contributed by atoms with Crippen LogP contribution in [-0.4, -0.2) is 36.2 Å². The van der Waals surface area contributed by atoms with Gasteiger partial charge in [0.05, 0.1) is 17.7 Å². The fourth-order valence-corrected chi connectivity index (χ4v) is 2.30. The number of aryl methyl sites for hydroxylation is 1. The van der Waals surface area contributed by atoms with E-state index in [1.807, 2.05) is 0 Å². The molecule has 0 saturated carbocycles. The van der Waals surface area contributed by atoms with Crippen molar-refractivity contribution in [2.24, 2.45) is 0 Å². The van der Waals surface area contributed by atoms with E-state index in [1.165, 1.54) is 6.07 Å². The van der Waals surface area contributed by atoms with Crippen molar-refractivity contribution in [1.29, 1.82) is 0 Å². The highest BCUT2D eigenvalue weighted by atomic mass is 35.5. The highest BCUT2D eigenvalue weighted by molar-refractivity contribution is 5.96. The Labute approximate surface area is 132 Å². The summed E-state index contributed by atoms with van der Waals surface area (Å²) in [4.78, 5) is 12.1. The van der Waals surface area contributed by atoms with E-state index in [4.69, 9.17) is 0 Å². The molecule has 1 aliphatic heterocycles. The van der Waals surface area contributed by atoms with Crippen molar-refractivity contribution in [1.82, 2.24) is 10.6 Å². The molecule has 1 heterocycles. The second-order valence-corrected chi connectivity index (χ2v) is 5.17. The molecule has 1 amide bonds. The highest BCUT2D eigenvalue weighted by Gasteiger charge is 2.32. The maximum Gasteiger partial charge on any atom is 0.416 e. The van der Waals surface area contributed by atoms with Gasteiger partial charge in [-0.3, -0.25) is 4.79 Å². The SMILES string of the molecule is Cc1ccc(C(F)(F)F)cc1C(=O)N[C@@H]1CCNC[C@H]1O.Cl. The molecule has 1 saturated heterocycles. The lowest BCUT2D eigenvalue weighted by Crippen LogP contribution is -2.52. The van der Waals surface area contributed by atoms with Crippen molar-refractivity contribution in [3.05, 3.63) is 34.9 Å². The topological polar surface area (TPSA) is 61.4 Å². The zero-order chi connectivity index (χ0) is 15.6. The largest absolute Gasteiger partial charge is 0.416 e. The molecule has 1 aromatic rings. The molecule has 124 valence electrons. The Morgan fingerprint density at radius 3 is 2.68 bits per heavy atom. The van der Waals surface area contributed by atoms with Crippen LogP contribution in [0.2, 0.25) is 0 Å². The second-order valence-electron chi connectivity index (χ2n) is 5.17. The first-order valence-electron chi connectivity index (χ1n) is 6.66. The normalized spacial score (nSPS) is 21.9. The van der Waals surface area contributed by atoms with Gasteiger partial charge in [0.25, 0.3) is 5.91 Å². The average Bonchev–Trinajstić information content (AvgIpc) is 2.40. The summed E-state index contributed by atoms with van der Waals surface area (Å²) in [6, 6.07) is 2.62. The molecule has 0 bridgehead atoms. The first-order chi connectivity index (χ1) is 9.79. The van der Waals surface area contributed by atoms with Gasteiger partial charge in [-0.2, -0.15) is 13.2 Å². The molecule has 8 heteroatoms. The van der Waals surface area contributed by atoms with Gasteiger partial charge in [0, 0.05) is 12.1 Å². The van der Waals surface area contributed by atoms with Crippen LogP contribution in [-0.2, 0) is 6.18 Å². The number of nitrogens with one attached hydrogen (secondary N) is 2. The number of alkyl halides is 3. The third-order valence-corrected chi connectivity index (χ3v) is 3.58. The average molecular weight is 339 g/mol. The molecule has 1 aliphatic rings. The molecule has 1 fully saturated rings.